The van der Waals surface area contributed by atoms with E-state index in [0.29, 0.717) is 5.69 Å². The van der Waals surface area contributed by atoms with Crippen LogP contribution in [0.4, 0.5) is 0 Å². The van der Waals surface area contributed by atoms with Gasteiger partial charge in [-0.25, -0.2) is 9.78 Å². The van der Waals surface area contributed by atoms with Crippen LogP contribution in [0.5, 0.6) is 0 Å². The molecule has 1 heterocycles. The number of nitrogens with zero attached hydrogens (tertiary/aromatic N) is 2. The Morgan fingerprint density at radius 3 is 2.67 bits per heavy atom. The van der Waals surface area contributed by atoms with Gasteiger partial charge in [-0.3, -0.25) is 0 Å². The van der Waals surface area contributed by atoms with Crippen molar-refractivity contribution in [3.63, 3.8) is 0 Å². The number of aromatic nitrogens is 2. The summed E-state index contributed by atoms with van der Waals surface area (Å²) in [5, 5.41) is 9.24. The fourth-order valence-electron chi connectivity index (χ4n) is 2.94. The lowest BCUT2D eigenvalue weighted by Crippen LogP contribution is -2.11. The third kappa shape index (κ3) is 2.74. The summed E-state index contributed by atoms with van der Waals surface area (Å²) in [6.07, 6.45) is 8.50. The first-order valence-electron chi connectivity index (χ1n) is 6.85. The van der Waals surface area contributed by atoms with E-state index in [1.807, 2.05) is 6.92 Å². The van der Waals surface area contributed by atoms with Crippen LogP contribution in [-0.2, 0) is 13.5 Å². The molecule has 1 aliphatic rings. The van der Waals surface area contributed by atoms with E-state index in [1.165, 1.54) is 32.1 Å². The van der Waals surface area contributed by atoms with Gasteiger partial charge in [0.05, 0.1) is 5.69 Å². The highest BCUT2D eigenvalue weighted by Gasteiger charge is 2.20. The average molecular weight is 250 g/mol. The first-order chi connectivity index (χ1) is 8.59. The van der Waals surface area contributed by atoms with E-state index in [4.69, 9.17) is 0 Å². The largest absolute Gasteiger partial charge is 0.477 e. The summed E-state index contributed by atoms with van der Waals surface area (Å²) in [6, 6.07) is 0. The number of aromatic carboxylic acids is 1. The Morgan fingerprint density at radius 1 is 1.39 bits per heavy atom. The van der Waals surface area contributed by atoms with Gasteiger partial charge >= 0.3 is 5.97 Å². The van der Waals surface area contributed by atoms with Crippen LogP contribution < -0.4 is 0 Å². The number of aryl methyl sites for hydroxylation is 2. The minimum Gasteiger partial charge on any atom is -0.477 e. The van der Waals surface area contributed by atoms with E-state index < -0.39 is 5.97 Å². The van der Waals surface area contributed by atoms with E-state index in [-0.39, 0.29) is 0 Å². The van der Waals surface area contributed by atoms with Gasteiger partial charge in [0.2, 0.25) is 0 Å². The van der Waals surface area contributed by atoms with Crippen molar-refractivity contribution >= 4 is 5.97 Å². The SMILES string of the molecule is Cc1nc(CCC2CCCCC2)c(C(=O)O)n1C. The normalized spacial score (nSPS) is 17.0. The second-order valence-corrected chi connectivity index (χ2v) is 5.36. The van der Waals surface area contributed by atoms with Crippen LogP contribution in [0.2, 0.25) is 0 Å². The molecule has 0 aliphatic heterocycles. The van der Waals surface area contributed by atoms with Crippen molar-refractivity contribution in [3.05, 3.63) is 17.2 Å². The number of carboxylic acids is 1. The number of hydrogen-bond acceptors (Lipinski definition) is 2. The molecule has 0 radical (unpaired) electrons. The van der Waals surface area contributed by atoms with E-state index >= 15 is 0 Å². The molecule has 1 N–H and O–H groups in total. The highest BCUT2D eigenvalue weighted by atomic mass is 16.4. The number of carbonyl (C=O) groups is 1. The highest BCUT2D eigenvalue weighted by Crippen LogP contribution is 2.27. The summed E-state index contributed by atoms with van der Waals surface area (Å²) in [5.74, 6) is 0.686. The monoisotopic (exact) mass is 250 g/mol. The molecule has 0 amide bonds. The molecule has 100 valence electrons. The fraction of sp³-hybridized carbons (Fsp3) is 0.714. The highest BCUT2D eigenvalue weighted by molar-refractivity contribution is 5.87. The van der Waals surface area contributed by atoms with Crippen molar-refractivity contribution in [2.75, 3.05) is 0 Å². The second-order valence-electron chi connectivity index (χ2n) is 5.36. The summed E-state index contributed by atoms with van der Waals surface area (Å²) in [6.45, 7) is 1.86. The molecule has 2 rings (SSSR count). The third-order valence-corrected chi connectivity index (χ3v) is 4.11. The quantitative estimate of drug-likeness (QED) is 0.893. The van der Waals surface area contributed by atoms with Crippen molar-refractivity contribution in [3.8, 4) is 0 Å². The molecule has 4 heteroatoms. The summed E-state index contributed by atoms with van der Waals surface area (Å²) >= 11 is 0. The maximum atomic E-state index is 11.2. The van der Waals surface area contributed by atoms with Gasteiger partial charge in [-0.05, 0) is 25.7 Å². The third-order valence-electron chi connectivity index (χ3n) is 4.11. The summed E-state index contributed by atoms with van der Waals surface area (Å²) in [4.78, 5) is 15.6. The molecule has 1 fully saturated rings. The lowest BCUT2D eigenvalue weighted by molar-refractivity contribution is 0.0684. The molecule has 1 aromatic heterocycles. The van der Waals surface area contributed by atoms with Crippen molar-refractivity contribution in [1.82, 2.24) is 9.55 Å². The van der Waals surface area contributed by atoms with Crippen LogP contribution >= 0.6 is 0 Å². The molecular weight excluding hydrogens is 228 g/mol. The molecule has 1 saturated carbocycles. The maximum absolute atomic E-state index is 11.2. The lowest BCUT2D eigenvalue weighted by Gasteiger charge is -2.20. The first-order valence-corrected chi connectivity index (χ1v) is 6.85. The molecule has 4 nitrogen and oxygen atoms in total. The number of rotatable bonds is 4. The topological polar surface area (TPSA) is 55.1 Å². The minimum atomic E-state index is -0.864. The van der Waals surface area contributed by atoms with Crippen LogP contribution in [0.1, 0.15) is 60.5 Å². The van der Waals surface area contributed by atoms with Crippen LogP contribution in [0.3, 0.4) is 0 Å². The van der Waals surface area contributed by atoms with E-state index in [9.17, 15) is 9.90 Å². The van der Waals surface area contributed by atoms with E-state index in [1.54, 1.807) is 11.6 Å². The predicted molar refractivity (Wildman–Crippen MR) is 69.8 cm³/mol. The molecule has 0 aromatic carbocycles. The first kappa shape index (κ1) is 13.1. The van der Waals surface area contributed by atoms with Crippen LogP contribution in [0, 0.1) is 12.8 Å². The number of carboxylic acid groups (broad SMARTS) is 1. The Hall–Kier alpha value is -1.32. The Balaban J connectivity index is 2.04. The van der Waals surface area contributed by atoms with Gasteiger partial charge in [0, 0.05) is 7.05 Å². The molecule has 0 unspecified atom stereocenters. The van der Waals surface area contributed by atoms with E-state index in [2.05, 4.69) is 4.98 Å². The van der Waals surface area contributed by atoms with Gasteiger partial charge in [-0.15, -0.1) is 0 Å². The number of hydrogen-bond donors (Lipinski definition) is 1. The Bertz CT molecular complexity index is 431. The van der Waals surface area contributed by atoms with Crippen molar-refractivity contribution in [2.45, 2.75) is 51.9 Å². The fourth-order valence-corrected chi connectivity index (χ4v) is 2.94. The van der Waals surface area contributed by atoms with Gasteiger partial charge in [-0.1, -0.05) is 32.1 Å². The predicted octanol–water partition coefficient (Wildman–Crippen LogP) is 2.94. The van der Waals surface area contributed by atoms with Crippen LogP contribution in [0.25, 0.3) is 0 Å². The Morgan fingerprint density at radius 2 is 2.06 bits per heavy atom. The Kier molecular flexibility index (Phi) is 4.04. The van der Waals surface area contributed by atoms with Crippen LogP contribution in [-0.4, -0.2) is 20.6 Å². The zero-order chi connectivity index (χ0) is 13.1. The average Bonchev–Trinajstić information content (AvgIpc) is 2.64. The van der Waals surface area contributed by atoms with Crippen LogP contribution in [0.15, 0.2) is 0 Å². The molecule has 0 saturated heterocycles. The zero-order valence-electron chi connectivity index (χ0n) is 11.3. The minimum absolute atomic E-state index is 0.364. The Labute approximate surface area is 108 Å². The van der Waals surface area contributed by atoms with E-state index in [0.717, 1.165) is 30.3 Å². The molecular formula is C14H22N2O2. The maximum Gasteiger partial charge on any atom is 0.354 e. The lowest BCUT2D eigenvalue weighted by atomic mass is 9.85. The van der Waals surface area contributed by atoms with Crippen molar-refractivity contribution in [1.29, 1.82) is 0 Å². The molecule has 1 aromatic rings. The van der Waals surface area contributed by atoms with Gasteiger partial charge in [0.1, 0.15) is 11.5 Å². The van der Waals surface area contributed by atoms with Crippen molar-refractivity contribution < 1.29 is 9.90 Å². The van der Waals surface area contributed by atoms with Gasteiger partial charge in [0.25, 0.3) is 0 Å². The van der Waals surface area contributed by atoms with Gasteiger partial charge in [0.15, 0.2) is 0 Å². The van der Waals surface area contributed by atoms with Gasteiger partial charge < -0.3 is 9.67 Å². The van der Waals surface area contributed by atoms with Gasteiger partial charge in [-0.2, -0.15) is 0 Å². The smallest absolute Gasteiger partial charge is 0.354 e. The summed E-state index contributed by atoms with van der Waals surface area (Å²) in [7, 11) is 1.77. The molecule has 0 spiro atoms. The number of imidazole rings is 1. The molecule has 0 atom stereocenters. The molecule has 18 heavy (non-hydrogen) atoms. The summed E-state index contributed by atoms with van der Waals surface area (Å²) in [5.41, 5.74) is 1.12. The van der Waals surface area contributed by atoms with Crippen molar-refractivity contribution in [2.24, 2.45) is 13.0 Å². The standard InChI is InChI=1S/C14H22N2O2/c1-10-15-12(13(14(17)18)16(10)2)9-8-11-6-4-3-5-7-11/h11H,3-9H2,1-2H3,(H,17,18). The summed E-state index contributed by atoms with van der Waals surface area (Å²) < 4.78 is 1.68. The molecule has 0 bridgehead atoms. The molecule has 1 aliphatic carbocycles. The second kappa shape index (κ2) is 5.55. The zero-order valence-corrected chi connectivity index (χ0v) is 11.3.